The first-order valence-electron chi connectivity index (χ1n) is 11.5. The molecule has 1 aliphatic heterocycles. The molecule has 0 saturated carbocycles. The molecule has 0 aliphatic carbocycles. The normalized spacial score (nSPS) is 13.6. The van der Waals surface area contributed by atoms with Gasteiger partial charge in [0, 0.05) is 19.2 Å². The summed E-state index contributed by atoms with van der Waals surface area (Å²) >= 11 is 12.2. The molecule has 36 heavy (non-hydrogen) atoms. The van der Waals surface area contributed by atoms with Gasteiger partial charge in [-0.3, -0.25) is 13.9 Å². The highest BCUT2D eigenvalue weighted by atomic mass is 35.5. The lowest BCUT2D eigenvalue weighted by molar-refractivity contribution is -0.139. The Bertz CT molecular complexity index is 1220. The van der Waals surface area contributed by atoms with Crippen molar-refractivity contribution < 1.29 is 27.5 Å². The number of hydrogen-bond donors (Lipinski definition) is 1. The number of hydrogen-bond acceptors (Lipinski definition) is 6. The minimum atomic E-state index is -3.86. The number of anilines is 1. The van der Waals surface area contributed by atoms with E-state index in [2.05, 4.69) is 5.32 Å². The van der Waals surface area contributed by atoms with Gasteiger partial charge in [-0.05, 0) is 50.6 Å². The number of benzene rings is 2. The predicted molar refractivity (Wildman–Crippen MR) is 139 cm³/mol. The fraction of sp³-hybridized carbons (Fsp3) is 0.417. The number of amides is 2. The van der Waals surface area contributed by atoms with Crippen molar-refractivity contribution in [2.45, 2.75) is 33.4 Å². The van der Waals surface area contributed by atoms with Crippen LogP contribution in [-0.2, 0) is 26.2 Å². The van der Waals surface area contributed by atoms with E-state index in [9.17, 15) is 18.0 Å². The van der Waals surface area contributed by atoms with E-state index in [0.717, 1.165) is 4.31 Å². The highest BCUT2D eigenvalue weighted by Crippen LogP contribution is 2.35. The zero-order chi connectivity index (χ0) is 26.5. The second-order valence-electron chi connectivity index (χ2n) is 8.08. The van der Waals surface area contributed by atoms with Gasteiger partial charge < -0.3 is 19.7 Å². The van der Waals surface area contributed by atoms with E-state index in [1.807, 2.05) is 0 Å². The number of carbonyl (C=O) groups excluding carboxylic acids is 2. The summed E-state index contributed by atoms with van der Waals surface area (Å²) in [4.78, 5) is 27.6. The second kappa shape index (κ2) is 12.0. The van der Waals surface area contributed by atoms with E-state index in [1.165, 1.54) is 17.9 Å². The van der Waals surface area contributed by atoms with E-state index < -0.39 is 28.5 Å². The van der Waals surface area contributed by atoms with E-state index in [4.69, 9.17) is 32.7 Å². The molecule has 9 nitrogen and oxygen atoms in total. The van der Waals surface area contributed by atoms with E-state index >= 15 is 0 Å². The smallest absolute Gasteiger partial charge is 0.244 e. The summed E-state index contributed by atoms with van der Waals surface area (Å²) in [7, 11) is -3.86. The highest BCUT2D eigenvalue weighted by molar-refractivity contribution is 7.92. The van der Waals surface area contributed by atoms with Crippen LogP contribution in [0.3, 0.4) is 0 Å². The fourth-order valence-corrected chi connectivity index (χ4v) is 5.02. The van der Waals surface area contributed by atoms with Crippen LogP contribution in [0.15, 0.2) is 36.4 Å². The Morgan fingerprint density at radius 1 is 1.03 bits per heavy atom. The van der Waals surface area contributed by atoms with Crippen molar-refractivity contribution in [3.63, 3.8) is 0 Å². The standard InChI is InChI=1S/C24H29Cl2N3O6S/c1-4-27-24(31)16(3)28(14-17-6-8-19(25)20(26)12-17)23(30)15-29(36(32,33)5-2)18-7-9-21-22(13-18)35-11-10-34-21/h6-9,12-13,16H,4-5,10-11,14-15H2,1-3H3,(H,27,31)/t16-/m1/s1. The predicted octanol–water partition coefficient (Wildman–Crippen LogP) is 3.47. The van der Waals surface area contributed by atoms with E-state index in [1.54, 1.807) is 44.2 Å². The quantitative estimate of drug-likeness (QED) is 0.479. The van der Waals surface area contributed by atoms with E-state index in [-0.39, 0.29) is 23.9 Å². The first-order valence-corrected chi connectivity index (χ1v) is 13.8. The third-order valence-electron chi connectivity index (χ3n) is 5.65. The minimum Gasteiger partial charge on any atom is -0.486 e. The first kappa shape index (κ1) is 27.9. The van der Waals surface area contributed by atoms with Gasteiger partial charge in [-0.1, -0.05) is 29.3 Å². The number of fused-ring (bicyclic) bond motifs is 1. The molecule has 1 N–H and O–H groups in total. The summed E-state index contributed by atoms with van der Waals surface area (Å²) in [6.07, 6.45) is 0. The van der Waals surface area contributed by atoms with Crippen molar-refractivity contribution in [1.82, 2.24) is 10.2 Å². The summed E-state index contributed by atoms with van der Waals surface area (Å²) in [5, 5.41) is 3.37. The molecule has 1 atom stereocenters. The number of sulfonamides is 1. The van der Waals surface area contributed by atoms with Gasteiger partial charge in [-0.2, -0.15) is 0 Å². The summed E-state index contributed by atoms with van der Waals surface area (Å²) in [6, 6.07) is 8.73. The average molecular weight is 558 g/mol. The van der Waals surface area contributed by atoms with Crippen LogP contribution < -0.4 is 19.1 Å². The number of halogens is 2. The third-order valence-corrected chi connectivity index (χ3v) is 8.13. The number of ether oxygens (including phenoxy) is 2. The maximum absolute atomic E-state index is 13.6. The molecule has 0 bridgehead atoms. The monoisotopic (exact) mass is 557 g/mol. The number of rotatable bonds is 10. The SMILES string of the molecule is CCNC(=O)[C@@H](C)N(Cc1ccc(Cl)c(Cl)c1)C(=O)CN(c1ccc2c(c1)OCCO2)S(=O)(=O)CC. The molecule has 0 spiro atoms. The van der Waals surface area contributed by atoms with Crippen LogP contribution >= 0.6 is 23.2 Å². The number of carbonyl (C=O) groups is 2. The van der Waals surface area contributed by atoms with Gasteiger partial charge in [0.25, 0.3) is 0 Å². The molecule has 2 amide bonds. The maximum Gasteiger partial charge on any atom is 0.244 e. The fourth-order valence-electron chi connectivity index (χ4n) is 3.65. The Kier molecular flexibility index (Phi) is 9.32. The van der Waals surface area contributed by atoms with Gasteiger partial charge in [0.05, 0.1) is 21.5 Å². The zero-order valence-electron chi connectivity index (χ0n) is 20.3. The maximum atomic E-state index is 13.6. The van der Waals surface area contributed by atoms with Crippen LogP contribution in [0, 0.1) is 0 Å². The average Bonchev–Trinajstić information content (AvgIpc) is 2.87. The third kappa shape index (κ3) is 6.54. The molecule has 2 aromatic rings. The molecule has 0 unspecified atom stereocenters. The lowest BCUT2D eigenvalue weighted by Crippen LogP contribution is -2.51. The summed E-state index contributed by atoms with van der Waals surface area (Å²) in [5.41, 5.74) is 0.896. The van der Waals surface area contributed by atoms with Crippen LogP contribution in [0.25, 0.3) is 0 Å². The zero-order valence-corrected chi connectivity index (χ0v) is 22.6. The highest BCUT2D eigenvalue weighted by Gasteiger charge is 2.31. The lowest BCUT2D eigenvalue weighted by atomic mass is 10.1. The molecular weight excluding hydrogens is 529 g/mol. The molecular formula is C24H29Cl2N3O6S. The van der Waals surface area contributed by atoms with Crippen molar-refractivity contribution in [1.29, 1.82) is 0 Å². The van der Waals surface area contributed by atoms with Gasteiger partial charge in [0.15, 0.2) is 11.5 Å². The van der Waals surface area contributed by atoms with Crippen molar-refractivity contribution in [3.8, 4) is 11.5 Å². The summed E-state index contributed by atoms with van der Waals surface area (Å²) in [6.45, 7) is 5.47. The topological polar surface area (TPSA) is 105 Å². The van der Waals surface area contributed by atoms with Crippen LogP contribution in [0.4, 0.5) is 5.69 Å². The van der Waals surface area contributed by atoms with Gasteiger partial charge in [-0.15, -0.1) is 0 Å². The molecule has 1 heterocycles. The van der Waals surface area contributed by atoms with Crippen molar-refractivity contribution in [2.24, 2.45) is 0 Å². The number of nitrogens with one attached hydrogen (secondary N) is 1. The Morgan fingerprint density at radius 3 is 2.36 bits per heavy atom. The van der Waals surface area contributed by atoms with Gasteiger partial charge in [-0.25, -0.2) is 8.42 Å². The van der Waals surface area contributed by atoms with Gasteiger partial charge >= 0.3 is 0 Å². The molecule has 0 saturated heterocycles. The Morgan fingerprint density at radius 2 is 1.72 bits per heavy atom. The second-order valence-corrected chi connectivity index (χ2v) is 11.1. The molecule has 0 fully saturated rings. The molecule has 1 aliphatic rings. The van der Waals surface area contributed by atoms with Crippen LogP contribution in [0.5, 0.6) is 11.5 Å². The molecule has 0 radical (unpaired) electrons. The Labute approximate surface area is 221 Å². The van der Waals surface area contributed by atoms with E-state index in [0.29, 0.717) is 46.9 Å². The Balaban J connectivity index is 1.96. The lowest BCUT2D eigenvalue weighted by Gasteiger charge is -2.32. The largest absolute Gasteiger partial charge is 0.486 e. The number of nitrogens with zero attached hydrogens (tertiary/aromatic N) is 2. The van der Waals surface area contributed by atoms with Gasteiger partial charge in [0.2, 0.25) is 21.8 Å². The summed E-state index contributed by atoms with van der Waals surface area (Å²) < 4.78 is 38.2. The van der Waals surface area contributed by atoms with Crippen LogP contribution in [0.1, 0.15) is 26.3 Å². The first-order chi connectivity index (χ1) is 17.1. The van der Waals surface area contributed by atoms with Crippen molar-refractivity contribution >= 4 is 50.7 Å². The number of likely N-dealkylation sites (N-methyl/N-ethyl adjacent to an activating group) is 1. The van der Waals surface area contributed by atoms with Crippen molar-refractivity contribution in [2.75, 3.05) is 36.4 Å². The van der Waals surface area contributed by atoms with Crippen LogP contribution in [-0.4, -0.2) is 63.2 Å². The van der Waals surface area contributed by atoms with Crippen LogP contribution in [0.2, 0.25) is 10.0 Å². The summed E-state index contributed by atoms with van der Waals surface area (Å²) in [5.74, 6) is -0.267. The Hall–Kier alpha value is -2.69. The molecule has 196 valence electrons. The van der Waals surface area contributed by atoms with Crippen molar-refractivity contribution in [3.05, 3.63) is 52.0 Å². The van der Waals surface area contributed by atoms with Gasteiger partial charge in [0.1, 0.15) is 25.8 Å². The molecule has 0 aromatic heterocycles. The minimum absolute atomic E-state index is 0.0230. The molecule has 12 heteroatoms. The molecule has 3 rings (SSSR count). The molecule has 2 aromatic carbocycles.